The number of ether oxygens (including phenoxy) is 1. The number of aromatic amines is 1. The molecule has 0 amide bonds. The molecule has 2 aromatic carbocycles. The summed E-state index contributed by atoms with van der Waals surface area (Å²) in [5, 5.41) is 4.08. The Balaban J connectivity index is 1.57. The summed E-state index contributed by atoms with van der Waals surface area (Å²) >= 11 is 0. The van der Waals surface area contributed by atoms with Gasteiger partial charge < -0.3 is 4.74 Å². The number of rotatable bonds is 6. The molecule has 1 heterocycles. The molecule has 2 N–H and O–H groups in total. The van der Waals surface area contributed by atoms with Gasteiger partial charge in [-0.3, -0.25) is 9.78 Å². The number of hydrazone groups is 1. The van der Waals surface area contributed by atoms with Crippen LogP contribution in [0.1, 0.15) is 22.4 Å². The Bertz CT molecular complexity index is 962. The highest BCUT2D eigenvalue weighted by Gasteiger charge is 1.99. The van der Waals surface area contributed by atoms with Crippen molar-refractivity contribution in [2.24, 2.45) is 5.10 Å². The van der Waals surface area contributed by atoms with E-state index in [1.54, 1.807) is 13.1 Å². The predicted molar refractivity (Wildman–Crippen MR) is 103 cm³/mol. The third kappa shape index (κ3) is 4.80. The predicted octanol–water partition coefficient (Wildman–Crippen LogP) is 3.41. The number of nitrogens with one attached hydrogen (secondary N) is 2. The third-order valence-corrected chi connectivity index (χ3v) is 3.79. The van der Waals surface area contributed by atoms with Crippen molar-refractivity contribution in [2.45, 2.75) is 20.5 Å². The largest absolute Gasteiger partial charge is 0.489 e. The zero-order valence-electron chi connectivity index (χ0n) is 14.7. The van der Waals surface area contributed by atoms with Crippen LogP contribution in [0.25, 0.3) is 0 Å². The average molecular weight is 348 g/mol. The standard InChI is InChI=1S/C20H20N4O2/c1-14-5-3-4-6-17(14)13-26-18-9-7-16(8-10-18)12-21-24-20-22-15(2)11-19(25)23-20/h3-12H,13H2,1-2H3,(H2,22,23,24,25)/b21-12+. The minimum atomic E-state index is -0.217. The number of aryl methyl sites for hydroxylation is 2. The minimum absolute atomic E-state index is 0.217. The molecule has 0 saturated heterocycles. The molecule has 0 aliphatic heterocycles. The lowest BCUT2D eigenvalue weighted by atomic mass is 10.1. The fourth-order valence-electron chi connectivity index (χ4n) is 2.38. The molecule has 26 heavy (non-hydrogen) atoms. The molecule has 0 aliphatic carbocycles. The summed E-state index contributed by atoms with van der Waals surface area (Å²) in [6.07, 6.45) is 1.65. The van der Waals surface area contributed by atoms with Gasteiger partial charge in [-0.05, 0) is 54.8 Å². The fraction of sp³-hybridized carbons (Fsp3) is 0.150. The van der Waals surface area contributed by atoms with Crippen LogP contribution in [-0.2, 0) is 6.61 Å². The smallest absolute Gasteiger partial charge is 0.252 e. The number of hydrogen-bond acceptors (Lipinski definition) is 5. The molecule has 0 aliphatic rings. The lowest BCUT2D eigenvalue weighted by Gasteiger charge is -2.08. The van der Waals surface area contributed by atoms with Gasteiger partial charge in [-0.25, -0.2) is 10.4 Å². The summed E-state index contributed by atoms with van der Waals surface area (Å²) in [5.41, 5.74) is 6.40. The lowest BCUT2D eigenvalue weighted by molar-refractivity contribution is 0.305. The monoisotopic (exact) mass is 348 g/mol. The average Bonchev–Trinajstić information content (AvgIpc) is 2.61. The number of H-pyrrole nitrogens is 1. The van der Waals surface area contributed by atoms with E-state index in [1.807, 2.05) is 36.4 Å². The number of nitrogens with zero attached hydrogens (tertiary/aromatic N) is 2. The van der Waals surface area contributed by atoms with Crippen molar-refractivity contribution in [1.29, 1.82) is 0 Å². The number of benzene rings is 2. The molecule has 0 saturated carbocycles. The Morgan fingerprint density at radius 2 is 1.92 bits per heavy atom. The second kappa shape index (κ2) is 8.11. The van der Waals surface area contributed by atoms with Gasteiger partial charge in [0.25, 0.3) is 5.56 Å². The summed E-state index contributed by atoms with van der Waals surface area (Å²) in [7, 11) is 0. The summed E-state index contributed by atoms with van der Waals surface area (Å²) < 4.78 is 5.82. The van der Waals surface area contributed by atoms with E-state index in [0.717, 1.165) is 11.3 Å². The molecule has 0 radical (unpaired) electrons. The molecule has 6 heteroatoms. The molecular weight excluding hydrogens is 328 g/mol. The summed E-state index contributed by atoms with van der Waals surface area (Å²) in [6, 6.07) is 17.2. The van der Waals surface area contributed by atoms with Crippen LogP contribution in [0.4, 0.5) is 5.95 Å². The quantitative estimate of drug-likeness (QED) is 0.528. The van der Waals surface area contributed by atoms with Gasteiger partial charge >= 0.3 is 0 Å². The Morgan fingerprint density at radius 1 is 1.15 bits per heavy atom. The van der Waals surface area contributed by atoms with E-state index in [9.17, 15) is 4.79 Å². The van der Waals surface area contributed by atoms with Crippen molar-refractivity contribution in [3.05, 3.63) is 87.3 Å². The van der Waals surface area contributed by atoms with Crippen molar-refractivity contribution in [1.82, 2.24) is 9.97 Å². The molecule has 0 bridgehead atoms. The molecule has 3 aromatic rings. The van der Waals surface area contributed by atoms with Gasteiger partial charge in [-0.1, -0.05) is 24.3 Å². The lowest BCUT2D eigenvalue weighted by Crippen LogP contribution is -2.10. The van der Waals surface area contributed by atoms with Gasteiger partial charge in [0, 0.05) is 11.8 Å². The summed E-state index contributed by atoms with van der Waals surface area (Å²) in [6.45, 7) is 4.36. The van der Waals surface area contributed by atoms with Crippen LogP contribution in [0.2, 0.25) is 0 Å². The number of anilines is 1. The maximum Gasteiger partial charge on any atom is 0.252 e. The Hall–Kier alpha value is -3.41. The van der Waals surface area contributed by atoms with Crippen LogP contribution in [0.5, 0.6) is 5.75 Å². The highest BCUT2D eigenvalue weighted by Crippen LogP contribution is 2.15. The first-order chi connectivity index (χ1) is 12.6. The molecule has 1 aromatic heterocycles. The topological polar surface area (TPSA) is 79.4 Å². The van der Waals surface area contributed by atoms with E-state index in [2.05, 4.69) is 39.6 Å². The first-order valence-corrected chi connectivity index (χ1v) is 8.24. The van der Waals surface area contributed by atoms with Crippen molar-refractivity contribution in [3.63, 3.8) is 0 Å². The highest BCUT2D eigenvalue weighted by atomic mass is 16.5. The second-order valence-electron chi connectivity index (χ2n) is 5.89. The zero-order valence-corrected chi connectivity index (χ0v) is 14.7. The van der Waals surface area contributed by atoms with Crippen molar-refractivity contribution < 1.29 is 4.74 Å². The van der Waals surface area contributed by atoms with Crippen molar-refractivity contribution >= 4 is 12.2 Å². The molecule has 3 rings (SSSR count). The van der Waals surface area contributed by atoms with Crippen LogP contribution in [0.15, 0.2) is 64.5 Å². The summed E-state index contributed by atoms with van der Waals surface area (Å²) in [4.78, 5) is 18.1. The zero-order chi connectivity index (χ0) is 18.4. The van der Waals surface area contributed by atoms with E-state index in [0.29, 0.717) is 18.2 Å². The van der Waals surface area contributed by atoms with Crippen LogP contribution >= 0.6 is 0 Å². The Morgan fingerprint density at radius 3 is 2.65 bits per heavy atom. The molecule has 0 spiro atoms. The number of aromatic nitrogens is 2. The minimum Gasteiger partial charge on any atom is -0.489 e. The maximum absolute atomic E-state index is 11.4. The third-order valence-electron chi connectivity index (χ3n) is 3.79. The van der Waals surface area contributed by atoms with E-state index < -0.39 is 0 Å². The van der Waals surface area contributed by atoms with Crippen LogP contribution in [0, 0.1) is 13.8 Å². The van der Waals surface area contributed by atoms with E-state index in [4.69, 9.17) is 4.74 Å². The van der Waals surface area contributed by atoms with Crippen LogP contribution < -0.4 is 15.7 Å². The molecule has 6 nitrogen and oxygen atoms in total. The number of hydrogen-bond donors (Lipinski definition) is 2. The first kappa shape index (κ1) is 17.4. The fourth-order valence-corrected chi connectivity index (χ4v) is 2.38. The van der Waals surface area contributed by atoms with Gasteiger partial charge in [0.2, 0.25) is 5.95 Å². The molecule has 0 fully saturated rings. The van der Waals surface area contributed by atoms with Crippen LogP contribution in [0.3, 0.4) is 0 Å². The highest BCUT2D eigenvalue weighted by molar-refractivity contribution is 5.80. The first-order valence-electron chi connectivity index (χ1n) is 8.24. The molecule has 0 unspecified atom stereocenters. The van der Waals surface area contributed by atoms with Gasteiger partial charge in [-0.15, -0.1) is 0 Å². The normalized spacial score (nSPS) is 10.8. The van der Waals surface area contributed by atoms with Gasteiger partial charge in [-0.2, -0.15) is 5.10 Å². The van der Waals surface area contributed by atoms with E-state index >= 15 is 0 Å². The SMILES string of the molecule is Cc1cc(=O)[nH]c(N/N=C/c2ccc(OCc3ccccc3C)cc2)n1. The molecule has 0 atom stereocenters. The van der Waals surface area contributed by atoms with Gasteiger partial charge in [0.1, 0.15) is 12.4 Å². The summed E-state index contributed by atoms with van der Waals surface area (Å²) in [5.74, 6) is 1.10. The van der Waals surface area contributed by atoms with E-state index in [1.165, 1.54) is 17.2 Å². The van der Waals surface area contributed by atoms with Gasteiger partial charge in [0.15, 0.2) is 0 Å². The van der Waals surface area contributed by atoms with Crippen molar-refractivity contribution in [2.75, 3.05) is 5.43 Å². The molecular formula is C20H20N4O2. The van der Waals surface area contributed by atoms with Gasteiger partial charge in [0.05, 0.1) is 6.21 Å². The van der Waals surface area contributed by atoms with Crippen molar-refractivity contribution in [3.8, 4) is 5.75 Å². The Labute approximate surface area is 151 Å². The molecule has 132 valence electrons. The maximum atomic E-state index is 11.4. The van der Waals surface area contributed by atoms with E-state index in [-0.39, 0.29) is 5.56 Å². The van der Waals surface area contributed by atoms with Crippen LogP contribution in [-0.4, -0.2) is 16.2 Å². The second-order valence-corrected chi connectivity index (χ2v) is 5.89. The Kier molecular flexibility index (Phi) is 5.43.